The second kappa shape index (κ2) is 6.81. The largest absolute Gasteiger partial charge is 0.469 e. The first-order valence-electron chi connectivity index (χ1n) is 7.30. The monoisotopic (exact) mass is 343 g/mol. The average molecular weight is 344 g/mol. The van der Waals surface area contributed by atoms with Gasteiger partial charge in [0, 0.05) is 30.9 Å². The second-order valence-corrected chi connectivity index (χ2v) is 5.87. The summed E-state index contributed by atoms with van der Waals surface area (Å²) < 4.78 is 4.93. The number of methoxy groups -OCH3 is 1. The lowest BCUT2D eigenvalue weighted by Gasteiger charge is -2.16. The Labute approximate surface area is 143 Å². The van der Waals surface area contributed by atoms with E-state index in [4.69, 9.17) is 21.6 Å². The van der Waals surface area contributed by atoms with E-state index in [-0.39, 0.29) is 23.5 Å². The van der Waals surface area contributed by atoms with E-state index < -0.39 is 0 Å². The topological polar surface area (TPSA) is 92.0 Å². The number of hydrogen-bond acceptors (Lipinski definition) is 7. The number of carbonyl (C=O) groups is 1. The van der Waals surface area contributed by atoms with Crippen molar-refractivity contribution in [3.8, 4) is 6.07 Å². The lowest BCUT2D eigenvalue weighted by molar-refractivity contribution is -0.145. The van der Waals surface area contributed by atoms with Crippen LogP contribution in [0, 0.1) is 17.2 Å². The molecule has 24 heavy (non-hydrogen) atoms. The van der Waals surface area contributed by atoms with Crippen molar-refractivity contribution >= 4 is 23.4 Å². The van der Waals surface area contributed by atoms with E-state index in [0.29, 0.717) is 23.9 Å². The molecule has 0 saturated carbocycles. The van der Waals surface area contributed by atoms with Crippen LogP contribution < -0.4 is 4.90 Å². The van der Waals surface area contributed by atoms with E-state index in [2.05, 4.69) is 15.2 Å². The first kappa shape index (κ1) is 16.1. The van der Waals surface area contributed by atoms with E-state index in [1.54, 1.807) is 24.4 Å². The van der Waals surface area contributed by atoms with Gasteiger partial charge in [0.15, 0.2) is 11.5 Å². The molecule has 2 aromatic rings. The highest BCUT2D eigenvalue weighted by atomic mass is 35.5. The fourth-order valence-electron chi connectivity index (χ4n) is 2.84. The molecule has 0 radical (unpaired) electrons. The minimum atomic E-state index is -0.360. The molecule has 0 spiro atoms. The molecule has 1 saturated heterocycles. The van der Waals surface area contributed by atoms with Crippen LogP contribution in [-0.4, -0.2) is 41.3 Å². The molecular formula is C16H14ClN5O2. The highest BCUT2D eigenvalue weighted by molar-refractivity contribution is 6.30. The Morgan fingerprint density at radius 1 is 1.33 bits per heavy atom. The molecule has 0 aliphatic carbocycles. The summed E-state index contributed by atoms with van der Waals surface area (Å²) in [6.07, 6.45) is 1.56. The van der Waals surface area contributed by atoms with Gasteiger partial charge in [-0.2, -0.15) is 5.26 Å². The number of hydrogen-bond donors (Lipinski definition) is 0. The third-order valence-electron chi connectivity index (χ3n) is 4.04. The summed E-state index contributed by atoms with van der Waals surface area (Å²) in [5.74, 6) is -0.173. The van der Waals surface area contributed by atoms with Gasteiger partial charge >= 0.3 is 5.97 Å². The molecule has 3 heterocycles. The van der Waals surface area contributed by atoms with Crippen molar-refractivity contribution in [1.29, 1.82) is 5.26 Å². The summed E-state index contributed by atoms with van der Waals surface area (Å²) in [4.78, 5) is 18.4. The van der Waals surface area contributed by atoms with E-state index >= 15 is 0 Å². The zero-order chi connectivity index (χ0) is 17.1. The van der Waals surface area contributed by atoms with Gasteiger partial charge in [0.25, 0.3) is 0 Å². The molecule has 0 bridgehead atoms. The van der Waals surface area contributed by atoms with Gasteiger partial charge in [0.1, 0.15) is 6.07 Å². The minimum Gasteiger partial charge on any atom is -0.469 e. The lowest BCUT2D eigenvalue weighted by Crippen LogP contribution is -2.25. The van der Waals surface area contributed by atoms with Crippen LogP contribution >= 0.6 is 11.6 Å². The van der Waals surface area contributed by atoms with Crippen molar-refractivity contribution in [2.75, 3.05) is 25.1 Å². The summed E-state index contributed by atoms with van der Waals surface area (Å²) >= 11 is 5.89. The van der Waals surface area contributed by atoms with Gasteiger partial charge in [0.05, 0.1) is 18.1 Å². The van der Waals surface area contributed by atoms with Crippen molar-refractivity contribution in [3.63, 3.8) is 0 Å². The van der Waals surface area contributed by atoms with Crippen LogP contribution in [0.4, 0.5) is 5.82 Å². The van der Waals surface area contributed by atoms with Gasteiger partial charge in [-0.15, -0.1) is 10.2 Å². The number of ether oxygens (including phenoxy) is 1. The molecular weight excluding hydrogens is 330 g/mol. The van der Waals surface area contributed by atoms with Gasteiger partial charge in [-0.3, -0.25) is 9.78 Å². The third kappa shape index (κ3) is 3.14. The Kier molecular flexibility index (Phi) is 4.58. The molecule has 0 amide bonds. The van der Waals surface area contributed by atoms with E-state index in [9.17, 15) is 4.79 Å². The molecule has 7 nitrogen and oxygen atoms in total. The Hall–Kier alpha value is -2.72. The first-order valence-corrected chi connectivity index (χ1v) is 7.68. The molecule has 0 aromatic carbocycles. The standard InChI is InChI=1S/C16H14ClN5O2/c1-24-16(23)13-9-22(15-5-3-11(6-18)20-21-15)8-12(13)14-4-2-10(17)7-19-14/h2-5,7,12-13H,8-9H2,1H3. The fourth-order valence-corrected chi connectivity index (χ4v) is 2.95. The SMILES string of the molecule is COC(=O)C1CN(c2ccc(C#N)nn2)CC1c1ccc(Cl)cn1. The van der Waals surface area contributed by atoms with Gasteiger partial charge < -0.3 is 9.64 Å². The first-order chi connectivity index (χ1) is 11.6. The number of pyridine rings is 1. The Bertz CT molecular complexity index is 773. The van der Waals surface area contributed by atoms with E-state index in [1.807, 2.05) is 17.0 Å². The Morgan fingerprint density at radius 3 is 2.75 bits per heavy atom. The zero-order valence-electron chi connectivity index (χ0n) is 12.9. The number of anilines is 1. The fraction of sp³-hybridized carbons (Fsp3) is 0.312. The van der Waals surface area contributed by atoms with Crippen LogP contribution in [0.2, 0.25) is 5.02 Å². The maximum Gasteiger partial charge on any atom is 0.311 e. The van der Waals surface area contributed by atoms with Crippen LogP contribution in [0.5, 0.6) is 0 Å². The second-order valence-electron chi connectivity index (χ2n) is 5.43. The zero-order valence-corrected chi connectivity index (χ0v) is 13.6. The van der Waals surface area contributed by atoms with Crippen molar-refractivity contribution < 1.29 is 9.53 Å². The van der Waals surface area contributed by atoms with Crippen LogP contribution in [0.3, 0.4) is 0 Å². The molecule has 1 fully saturated rings. The minimum absolute atomic E-state index is 0.132. The molecule has 2 aromatic heterocycles. The maximum atomic E-state index is 12.2. The van der Waals surface area contributed by atoms with E-state index in [0.717, 1.165) is 5.69 Å². The summed E-state index contributed by atoms with van der Waals surface area (Å²) in [5.41, 5.74) is 1.03. The molecule has 8 heteroatoms. The highest BCUT2D eigenvalue weighted by Crippen LogP contribution is 2.34. The Balaban J connectivity index is 1.88. The van der Waals surface area contributed by atoms with Crippen LogP contribution in [0.15, 0.2) is 30.5 Å². The van der Waals surface area contributed by atoms with Crippen LogP contribution in [-0.2, 0) is 9.53 Å². The molecule has 1 aliphatic heterocycles. The van der Waals surface area contributed by atoms with Crippen molar-refractivity contribution in [2.24, 2.45) is 5.92 Å². The van der Waals surface area contributed by atoms with Gasteiger partial charge in [0.2, 0.25) is 0 Å². The van der Waals surface area contributed by atoms with Crippen molar-refractivity contribution in [2.45, 2.75) is 5.92 Å². The predicted molar refractivity (Wildman–Crippen MR) is 86.5 cm³/mol. The van der Waals surface area contributed by atoms with E-state index in [1.165, 1.54) is 7.11 Å². The number of esters is 1. The molecule has 3 rings (SSSR count). The Morgan fingerprint density at radius 2 is 2.17 bits per heavy atom. The van der Waals surface area contributed by atoms with Gasteiger partial charge in [-0.1, -0.05) is 11.6 Å². The number of rotatable bonds is 3. The lowest BCUT2D eigenvalue weighted by atomic mass is 9.92. The number of halogens is 1. The summed E-state index contributed by atoms with van der Waals surface area (Å²) in [5, 5.41) is 17.2. The smallest absolute Gasteiger partial charge is 0.311 e. The third-order valence-corrected chi connectivity index (χ3v) is 4.27. The quantitative estimate of drug-likeness (QED) is 0.784. The normalized spacial score (nSPS) is 19.8. The molecule has 0 N–H and O–H groups in total. The van der Waals surface area contributed by atoms with Crippen LogP contribution in [0.25, 0.3) is 0 Å². The molecule has 122 valence electrons. The maximum absolute atomic E-state index is 12.2. The summed E-state index contributed by atoms with van der Waals surface area (Å²) in [6.45, 7) is 0.997. The predicted octanol–water partition coefficient (Wildman–Crippen LogP) is 1.79. The van der Waals surface area contributed by atoms with Crippen molar-refractivity contribution in [1.82, 2.24) is 15.2 Å². The average Bonchev–Trinajstić information content (AvgIpc) is 3.07. The highest BCUT2D eigenvalue weighted by Gasteiger charge is 2.40. The number of aromatic nitrogens is 3. The number of nitrogens with zero attached hydrogens (tertiary/aromatic N) is 5. The summed E-state index contributed by atoms with van der Waals surface area (Å²) in [7, 11) is 1.37. The van der Waals surface area contributed by atoms with Gasteiger partial charge in [-0.25, -0.2) is 0 Å². The number of nitriles is 1. The molecule has 2 unspecified atom stereocenters. The number of carbonyl (C=O) groups excluding carboxylic acids is 1. The van der Waals surface area contributed by atoms with Crippen molar-refractivity contribution in [3.05, 3.63) is 46.9 Å². The molecule has 2 atom stereocenters. The van der Waals surface area contributed by atoms with Crippen LogP contribution in [0.1, 0.15) is 17.3 Å². The molecule has 1 aliphatic rings. The summed E-state index contributed by atoms with van der Waals surface area (Å²) in [6, 6.07) is 8.82. The van der Waals surface area contributed by atoms with Gasteiger partial charge in [-0.05, 0) is 24.3 Å².